The smallest absolute Gasteiger partial charge is 0.324 e. The summed E-state index contributed by atoms with van der Waals surface area (Å²) in [7, 11) is -6.52. The zero-order valence-corrected chi connectivity index (χ0v) is 29.1. The molecule has 1 heterocycles. The third kappa shape index (κ3) is 5.04. The van der Waals surface area contributed by atoms with Gasteiger partial charge in [0.15, 0.2) is 5.41 Å². The first-order chi connectivity index (χ1) is 21.9. The monoisotopic (exact) mass is 661 g/mol. The average Bonchev–Trinajstić information content (AvgIpc) is 3.60. The lowest BCUT2D eigenvalue weighted by Crippen LogP contribution is -2.52. The summed E-state index contributed by atoms with van der Waals surface area (Å²) in [5, 5.41) is 1.11. The second-order valence-electron chi connectivity index (χ2n) is 13.6. The van der Waals surface area contributed by atoms with Crippen LogP contribution in [-0.4, -0.2) is 64.3 Å². The van der Waals surface area contributed by atoms with Crippen LogP contribution in [0.15, 0.2) is 81.8 Å². The molecule has 0 bridgehead atoms. The van der Waals surface area contributed by atoms with Gasteiger partial charge in [0.25, 0.3) is 0 Å². The van der Waals surface area contributed by atoms with Gasteiger partial charge in [0.2, 0.25) is 10.0 Å². The molecule has 10 heteroatoms. The van der Waals surface area contributed by atoms with Crippen LogP contribution in [0.1, 0.15) is 51.5 Å². The molecule has 2 aromatic carbocycles. The van der Waals surface area contributed by atoms with Crippen molar-refractivity contribution in [3.8, 4) is 0 Å². The normalized spacial score (nSPS) is 24.4. The molecule has 0 N–H and O–H groups in total. The molecule has 0 radical (unpaired) electrons. The van der Waals surface area contributed by atoms with Gasteiger partial charge >= 0.3 is 11.9 Å². The van der Waals surface area contributed by atoms with Crippen molar-refractivity contribution in [2.75, 3.05) is 19.8 Å². The summed E-state index contributed by atoms with van der Waals surface area (Å²) >= 11 is 0. The molecule has 0 amide bonds. The number of sulfonamides is 1. The van der Waals surface area contributed by atoms with Gasteiger partial charge in [0.05, 0.1) is 26.2 Å². The summed E-state index contributed by atoms with van der Waals surface area (Å²) < 4.78 is 41.1. The molecular formula is C36H43NO7SSi. The number of fused-ring (bicyclic) bond motifs is 1. The molecule has 3 atom stereocenters. The van der Waals surface area contributed by atoms with Gasteiger partial charge < -0.3 is 9.47 Å². The van der Waals surface area contributed by atoms with Crippen molar-refractivity contribution in [1.82, 2.24) is 4.31 Å². The SMILES string of the molecule is CCOC(=O)C1(C(=O)OCC)CC2=C(C1)C([Si](C)(C)c1ccccc1)C(=O)[C@@H]1CCC[C@H]3C1=C2CN3S(=O)(=O)c1ccc(C)cc1. The van der Waals surface area contributed by atoms with Gasteiger partial charge in [-0.15, -0.1) is 0 Å². The molecule has 1 aliphatic heterocycles. The molecule has 6 rings (SSSR count). The van der Waals surface area contributed by atoms with Crippen LogP contribution in [0.2, 0.25) is 18.6 Å². The van der Waals surface area contributed by atoms with E-state index >= 15 is 4.79 Å². The standard InChI is InChI=1S/C36H43NO7SSi/c1-6-43-34(39)36(35(40)44-7-2)20-27-28(21-36)33(46(4,5)25-12-9-8-10-13-25)32(38)26-14-11-15-30-31(26)29(27)22-37(30)45(41,42)24-18-16-23(3)17-19-24/h8-10,12-13,16-19,26,30,33H,6-7,11,14-15,20-22H2,1-5H3/t26-,30+,33?/m1/s1. The van der Waals surface area contributed by atoms with E-state index < -0.39 is 53.0 Å². The highest BCUT2D eigenvalue weighted by Crippen LogP contribution is 2.59. The number of ketones is 1. The van der Waals surface area contributed by atoms with Crippen LogP contribution in [0, 0.1) is 18.3 Å². The molecule has 1 unspecified atom stereocenters. The van der Waals surface area contributed by atoms with Crippen LogP contribution in [0.3, 0.4) is 0 Å². The van der Waals surface area contributed by atoms with Gasteiger partial charge in [-0.2, -0.15) is 4.31 Å². The molecule has 244 valence electrons. The summed E-state index contributed by atoms with van der Waals surface area (Å²) in [6, 6.07) is 16.5. The third-order valence-corrected chi connectivity index (χ3v) is 16.4. The number of hydrogen-bond donors (Lipinski definition) is 0. The molecule has 0 saturated heterocycles. The van der Waals surface area contributed by atoms with E-state index in [1.807, 2.05) is 25.1 Å². The number of carbonyl (C=O) groups is 3. The van der Waals surface area contributed by atoms with Crippen LogP contribution >= 0.6 is 0 Å². The van der Waals surface area contributed by atoms with Gasteiger partial charge in [-0.05, 0) is 75.3 Å². The number of allylic oxidation sites excluding steroid dienone is 1. The Morgan fingerprint density at radius 3 is 2.15 bits per heavy atom. The van der Waals surface area contributed by atoms with Crippen molar-refractivity contribution in [1.29, 1.82) is 0 Å². The second kappa shape index (κ2) is 12.0. The van der Waals surface area contributed by atoms with E-state index in [4.69, 9.17) is 9.47 Å². The minimum Gasteiger partial charge on any atom is -0.465 e. The maximum atomic E-state index is 15.1. The summed E-state index contributed by atoms with van der Waals surface area (Å²) in [5.41, 5.74) is 2.08. The Balaban J connectivity index is 1.55. The third-order valence-electron chi connectivity index (χ3n) is 10.6. The van der Waals surface area contributed by atoms with Crippen LogP contribution in [0.25, 0.3) is 0 Å². The first kappa shape index (κ1) is 32.6. The van der Waals surface area contributed by atoms with Gasteiger partial charge in [0.1, 0.15) is 5.78 Å². The van der Waals surface area contributed by atoms with Crippen molar-refractivity contribution in [2.24, 2.45) is 11.3 Å². The predicted octanol–water partition coefficient (Wildman–Crippen LogP) is 5.24. The van der Waals surface area contributed by atoms with Crippen molar-refractivity contribution in [3.05, 3.63) is 82.5 Å². The van der Waals surface area contributed by atoms with Crippen LogP contribution in [0.5, 0.6) is 0 Å². The summed E-state index contributed by atoms with van der Waals surface area (Å²) in [6.45, 7) is 9.99. The second-order valence-corrected chi connectivity index (χ2v) is 20.1. The zero-order valence-electron chi connectivity index (χ0n) is 27.3. The molecule has 3 aliphatic carbocycles. The fourth-order valence-electron chi connectivity index (χ4n) is 8.39. The van der Waals surface area contributed by atoms with E-state index in [2.05, 4.69) is 25.2 Å². The first-order valence-corrected chi connectivity index (χ1v) is 20.9. The maximum absolute atomic E-state index is 15.1. The molecule has 1 fully saturated rings. The molecular weight excluding hydrogens is 619 g/mol. The number of benzene rings is 2. The van der Waals surface area contributed by atoms with Gasteiger partial charge in [-0.25, -0.2) is 8.42 Å². The lowest BCUT2D eigenvalue weighted by molar-refractivity contribution is -0.171. The molecule has 4 aliphatic rings. The Kier molecular flexibility index (Phi) is 8.52. The number of ether oxygens (including phenoxy) is 2. The van der Waals surface area contributed by atoms with Crippen LogP contribution in [0.4, 0.5) is 0 Å². The van der Waals surface area contributed by atoms with E-state index in [-0.39, 0.29) is 43.3 Å². The van der Waals surface area contributed by atoms with E-state index in [0.29, 0.717) is 12.8 Å². The maximum Gasteiger partial charge on any atom is 0.324 e. The van der Waals surface area contributed by atoms with E-state index in [0.717, 1.165) is 39.5 Å². The minimum atomic E-state index is -3.90. The fraction of sp³-hybridized carbons (Fsp3) is 0.472. The molecule has 1 saturated carbocycles. The number of rotatable bonds is 8. The number of aryl methyl sites for hydroxylation is 1. The molecule has 46 heavy (non-hydrogen) atoms. The molecule has 8 nitrogen and oxygen atoms in total. The zero-order chi connectivity index (χ0) is 33.0. The number of hydrogen-bond acceptors (Lipinski definition) is 7. The molecule has 0 spiro atoms. The summed E-state index contributed by atoms with van der Waals surface area (Å²) in [4.78, 5) is 42.9. The lowest BCUT2D eigenvalue weighted by atomic mass is 9.75. The number of esters is 2. The lowest BCUT2D eigenvalue weighted by Gasteiger charge is -2.39. The Morgan fingerprint density at radius 2 is 1.54 bits per heavy atom. The van der Waals surface area contributed by atoms with Gasteiger partial charge in [-0.1, -0.05) is 78.3 Å². The number of Topliss-reactive ketones (excluding diaryl/α,β-unsaturated/α-hetero) is 1. The topological polar surface area (TPSA) is 107 Å². The van der Waals surface area contributed by atoms with Crippen molar-refractivity contribution >= 4 is 41.0 Å². The predicted molar refractivity (Wildman–Crippen MR) is 177 cm³/mol. The molecule has 0 aromatic heterocycles. The highest BCUT2D eigenvalue weighted by atomic mass is 32.2. The Bertz CT molecular complexity index is 1730. The highest BCUT2D eigenvalue weighted by Gasteiger charge is 2.61. The average molecular weight is 662 g/mol. The van der Waals surface area contributed by atoms with Gasteiger partial charge in [0, 0.05) is 24.0 Å². The van der Waals surface area contributed by atoms with E-state index in [1.165, 1.54) is 0 Å². The van der Waals surface area contributed by atoms with Crippen LogP contribution in [-0.2, 0) is 33.9 Å². The highest BCUT2D eigenvalue weighted by molar-refractivity contribution is 7.89. The Labute approximate surface area is 272 Å². The van der Waals surface area contributed by atoms with Gasteiger partial charge in [-0.3, -0.25) is 14.4 Å². The Morgan fingerprint density at radius 1 is 0.913 bits per heavy atom. The van der Waals surface area contributed by atoms with E-state index in [9.17, 15) is 18.0 Å². The van der Waals surface area contributed by atoms with Crippen LogP contribution < -0.4 is 5.19 Å². The number of carbonyl (C=O) groups excluding carboxylic acids is 3. The first-order valence-electron chi connectivity index (χ1n) is 16.4. The fourth-order valence-corrected chi connectivity index (χ4v) is 13.4. The molecule has 2 aromatic rings. The quantitative estimate of drug-likeness (QED) is 0.217. The van der Waals surface area contributed by atoms with E-state index in [1.54, 1.807) is 42.4 Å². The summed E-state index contributed by atoms with van der Waals surface area (Å²) in [5.74, 6) is -1.65. The largest absolute Gasteiger partial charge is 0.465 e. The summed E-state index contributed by atoms with van der Waals surface area (Å²) in [6.07, 6.45) is 2.06. The van der Waals surface area contributed by atoms with Crippen molar-refractivity contribution in [3.63, 3.8) is 0 Å². The minimum absolute atomic E-state index is 0.0263. The number of nitrogens with zero attached hydrogens (tertiary/aromatic N) is 1. The Hall–Kier alpha value is -3.34. The van der Waals surface area contributed by atoms with Crippen molar-refractivity contribution in [2.45, 2.75) is 82.4 Å². The van der Waals surface area contributed by atoms with Crippen molar-refractivity contribution < 1.29 is 32.3 Å².